The summed E-state index contributed by atoms with van der Waals surface area (Å²) >= 11 is 0. The Morgan fingerprint density at radius 2 is 2.08 bits per heavy atom. The van der Waals surface area contributed by atoms with Crippen LogP contribution in [0.2, 0.25) is 0 Å². The van der Waals surface area contributed by atoms with Gasteiger partial charge in [0.1, 0.15) is 0 Å². The predicted molar refractivity (Wildman–Crippen MR) is 48.6 cm³/mol. The zero-order valence-corrected chi connectivity index (χ0v) is 7.75. The van der Waals surface area contributed by atoms with Crippen molar-refractivity contribution >= 4 is 5.91 Å². The van der Waals surface area contributed by atoms with Gasteiger partial charge in [-0.05, 0) is 25.3 Å². The average molecular weight is 170 g/mol. The van der Waals surface area contributed by atoms with E-state index in [1.807, 2.05) is 11.8 Å². The van der Waals surface area contributed by atoms with Crippen LogP contribution in [0.25, 0.3) is 0 Å². The summed E-state index contributed by atoms with van der Waals surface area (Å²) in [5.41, 5.74) is 5.55. The molecule has 0 saturated carbocycles. The van der Waals surface area contributed by atoms with E-state index in [0.29, 0.717) is 12.3 Å². The third-order valence-electron chi connectivity index (χ3n) is 2.60. The van der Waals surface area contributed by atoms with Crippen molar-refractivity contribution in [3.05, 3.63) is 0 Å². The van der Waals surface area contributed by atoms with Crippen LogP contribution in [0.15, 0.2) is 0 Å². The van der Waals surface area contributed by atoms with E-state index in [0.717, 1.165) is 32.5 Å². The van der Waals surface area contributed by atoms with Crippen LogP contribution in [0.4, 0.5) is 0 Å². The molecule has 1 heterocycles. The number of hydrogen-bond donors (Lipinski definition) is 1. The molecule has 0 aromatic rings. The number of hydrogen-bond acceptors (Lipinski definition) is 2. The molecule has 0 aliphatic carbocycles. The number of nitrogens with zero attached hydrogens (tertiary/aromatic N) is 1. The van der Waals surface area contributed by atoms with Gasteiger partial charge in [0.05, 0.1) is 0 Å². The number of amides is 1. The van der Waals surface area contributed by atoms with Crippen molar-refractivity contribution in [1.82, 2.24) is 4.90 Å². The number of nitrogens with two attached hydrogens (primary N) is 1. The van der Waals surface area contributed by atoms with E-state index in [1.54, 1.807) is 0 Å². The van der Waals surface area contributed by atoms with Gasteiger partial charge in [-0.2, -0.15) is 0 Å². The average Bonchev–Trinajstić information content (AvgIpc) is 2.17. The second-order valence-electron chi connectivity index (χ2n) is 3.41. The van der Waals surface area contributed by atoms with Crippen LogP contribution < -0.4 is 5.73 Å². The first-order valence-corrected chi connectivity index (χ1v) is 4.75. The van der Waals surface area contributed by atoms with Crippen LogP contribution in [0.1, 0.15) is 26.2 Å². The van der Waals surface area contributed by atoms with E-state index < -0.39 is 0 Å². The fraction of sp³-hybridized carbons (Fsp3) is 0.889. The lowest BCUT2D eigenvalue weighted by molar-refractivity contribution is -0.132. The summed E-state index contributed by atoms with van der Waals surface area (Å²) in [6.45, 7) is 4.51. The Balaban J connectivity index is 2.30. The van der Waals surface area contributed by atoms with Crippen LogP contribution in [0.3, 0.4) is 0 Å². The highest BCUT2D eigenvalue weighted by molar-refractivity contribution is 5.75. The first-order chi connectivity index (χ1) is 5.77. The summed E-state index contributed by atoms with van der Waals surface area (Å²) in [4.78, 5) is 13.2. The summed E-state index contributed by atoms with van der Waals surface area (Å²) in [6.07, 6.45) is 2.80. The first-order valence-electron chi connectivity index (χ1n) is 4.75. The van der Waals surface area contributed by atoms with Gasteiger partial charge in [0.15, 0.2) is 0 Å². The summed E-state index contributed by atoms with van der Waals surface area (Å²) in [5, 5.41) is 0. The van der Waals surface area contributed by atoms with Crippen LogP contribution >= 0.6 is 0 Å². The van der Waals surface area contributed by atoms with Crippen molar-refractivity contribution in [3.63, 3.8) is 0 Å². The topological polar surface area (TPSA) is 46.3 Å². The van der Waals surface area contributed by atoms with E-state index in [9.17, 15) is 4.79 Å². The van der Waals surface area contributed by atoms with Gasteiger partial charge >= 0.3 is 0 Å². The normalized spacial score (nSPS) is 19.7. The maximum Gasteiger partial charge on any atom is 0.222 e. The van der Waals surface area contributed by atoms with Gasteiger partial charge in [0.25, 0.3) is 0 Å². The fourth-order valence-corrected chi connectivity index (χ4v) is 1.64. The molecular weight excluding hydrogens is 152 g/mol. The highest BCUT2D eigenvalue weighted by atomic mass is 16.2. The van der Waals surface area contributed by atoms with E-state index in [1.165, 1.54) is 0 Å². The molecule has 1 aliphatic rings. The maximum atomic E-state index is 11.3. The molecule has 12 heavy (non-hydrogen) atoms. The summed E-state index contributed by atoms with van der Waals surface area (Å²) in [7, 11) is 0. The number of carbonyl (C=O) groups is 1. The zero-order chi connectivity index (χ0) is 8.97. The van der Waals surface area contributed by atoms with Gasteiger partial charge in [0.2, 0.25) is 5.91 Å². The zero-order valence-electron chi connectivity index (χ0n) is 7.75. The molecule has 0 atom stereocenters. The van der Waals surface area contributed by atoms with Crippen molar-refractivity contribution in [1.29, 1.82) is 0 Å². The lowest BCUT2D eigenvalue weighted by atomic mass is 9.97. The number of piperidine rings is 1. The molecule has 1 amide bonds. The van der Waals surface area contributed by atoms with Crippen molar-refractivity contribution in [2.24, 2.45) is 11.7 Å². The summed E-state index contributed by atoms with van der Waals surface area (Å²) in [6, 6.07) is 0. The lowest BCUT2D eigenvalue weighted by Gasteiger charge is -2.31. The smallest absolute Gasteiger partial charge is 0.222 e. The molecule has 0 spiro atoms. The van der Waals surface area contributed by atoms with Crippen LogP contribution in [0, 0.1) is 5.92 Å². The minimum Gasteiger partial charge on any atom is -0.343 e. The van der Waals surface area contributed by atoms with Gasteiger partial charge in [-0.15, -0.1) is 0 Å². The second-order valence-corrected chi connectivity index (χ2v) is 3.41. The predicted octanol–water partition coefficient (Wildman–Crippen LogP) is 0.594. The molecule has 2 N–H and O–H groups in total. The molecule has 0 aromatic heterocycles. The largest absolute Gasteiger partial charge is 0.343 e. The molecular formula is C9H18N2O. The molecule has 1 fully saturated rings. The summed E-state index contributed by atoms with van der Waals surface area (Å²) < 4.78 is 0. The molecule has 1 saturated heterocycles. The van der Waals surface area contributed by atoms with E-state index in [-0.39, 0.29) is 5.91 Å². The fourth-order valence-electron chi connectivity index (χ4n) is 1.64. The molecule has 1 rings (SSSR count). The van der Waals surface area contributed by atoms with Gasteiger partial charge in [-0.1, -0.05) is 6.92 Å². The first kappa shape index (κ1) is 9.52. The lowest BCUT2D eigenvalue weighted by Crippen LogP contribution is -2.39. The second kappa shape index (κ2) is 4.45. The third-order valence-corrected chi connectivity index (χ3v) is 2.60. The Morgan fingerprint density at radius 1 is 1.50 bits per heavy atom. The van der Waals surface area contributed by atoms with Gasteiger partial charge in [-0.3, -0.25) is 4.79 Å². The quantitative estimate of drug-likeness (QED) is 0.659. The van der Waals surface area contributed by atoms with Gasteiger partial charge in [0, 0.05) is 19.5 Å². The maximum absolute atomic E-state index is 11.3. The Hall–Kier alpha value is -0.570. The minimum absolute atomic E-state index is 0.283. The standard InChI is InChI=1S/C9H18N2O/c1-2-9(12)11-5-3-8(7-10)4-6-11/h8H,2-7,10H2,1H3. The Bertz CT molecular complexity index is 151. The van der Waals surface area contributed by atoms with Gasteiger partial charge in [-0.25, -0.2) is 0 Å². The van der Waals surface area contributed by atoms with Crippen molar-refractivity contribution in [2.75, 3.05) is 19.6 Å². The molecule has 3 nitrogen and oxygen atoms in total. The van der Waals surface area contributed by atoms with Crippen LogP contribution in [-0.4, -0.2) is 30.4 Å². The van der Waals surface area contributed by atoms with Crippen molar-refractivity contribution in [3.8, 4) is 0 Å². The van der Waals surface area contributed by atoms with Crippen LogP contribution in [0.5, 0.6) is 0 Å². The van der Waals surface area contributed by atoms with Crippen molar-refractivity contribution in [2.45, 2.75) is 26.2 Å². The minimum atomic E-state index is 0.283. The molecule has 3 heteroatoms. The highest BCUT2D eigenvalue weighted by Crippen LogP contribution is 2.15. The van der Waals surface area contributed by atoms with Gasteiger partial charge < -0.3 is 10.6 Å². The molecule has 0 bridgehead atoms. The third kappa shape index (κ3) is 2.21. The SMILES string of the molecule is CCC(=O)N1CCC(CN)CC1. The van der Waals surface area contributed by atoms with Crippen molar-refractivity contribution < 1.29 is 4.79 Å². The Labute approximate surface area is 73.9 Å². The Morgan fingerprint density at radius 3 is 2.50 bits per heavy atom. The molecule has 1 aliphatic heterocycles. The molecule has 0 radical (unpaired) electrons. The molecule has 0 aromatic carbocycles. The van der Waals surface area contributed by atoms with E-state index >= 15 is 0 Å². The number of likely N-dealkylation sites (tertiary alicyclic amines) is 1. The number of carbonyl (C=O) groups excluding carboxylic acids is 1. The highest BCUT2D eigenvalue weighted by Gasteiger charge is 2.20. The monoisotopic (exact) mass is 170 g/mol. The Kier molecular flexibility index (Phi) is 3.53. The van der Waals surface area contributed by atoms with Crippen LogP contribution in [-0.2, 0) is 4.79 Å². The molecule has 70 valence electrons. The van der Waals surface area contributed by atoms with E-state index in [2.05, 4.69) is 0 Å². The molecule has 0 unspecified atom stereocenters. The van der Waals surface area contributed by atoms with E-state index in [4.69, 9.17) is 5.73 Å². The number of rotatable bonds is 2. The summed E-state index contributed by atoms with van der Waals surface area (Å²) in [5.74, 6) is 0.927.